The lowest BCUT2D eigenvalue weighted by atomic mass is 9.97. The highest BCUT2D eigenvalue weighted by Gasteiger charge is 2.44. The quantitative estimate of drug-likeness (QED) is 0.661. The molecule has 7 heteroatoms. The Morgan fingerprint density at radius 3 is 2.71 bits per heavy atom. The monoisotopic (exact) mass is 458 g/mol. The Bertz CT molecular complexity index is 1100. The van der Waals surface area contributed by atoms with E-state index in [2.05, 4.69) is 82.4 Å². The normalized spacial score (nSPS) is 22.8. The molecule has 1 fully saturated rings. The molecule has 0 aliphatic carbocycles. The fourth-order valence-electron chi connectivity index (χ4n) is 5.07. The van der Waals surface area contributed by atoms with Gasteiger partial charge in [-0.3, -0.25) is 10.2 Å². The third-order valence-electron chi connectivity index (χ3n) is 7.26. The summed E-state index contributed by atoms with van der Waals surface area (Å²) in [6.45, 7) is 7.70. The Labute approximate surface area is 202 Å². The van der Waals surface area contributed by atoms with Gasteiger partial charge in [-0.15, -0.1) is 0 Å². The molecule has 2 N–H and O–H groups in total. The zero-order valence-corrected chi connectivity index (χ0v) is 20.2. The van der Waals surface area contributed by atoms with Crippen LogP contribution in [0.3, 0.4) is 0 Å². The van der Waals surface area contributed by atoms with Crippen molar-refractivity contribution in [1.29, 1.82) is 0 Å². The fourth-order valence-corrected chi connectivity index (χ4v) is 5.07. The average Bonchev–Trinajstić information content (AvgIpc) is 3.47. The van der Waals surface area contributed by atoms with Crippen molar-refractivity contribution in [3.63, 3.8) is 0 Å². The molecule has 2 aromatic carbocycles. The Morgan fingerprint density at radius 2 is 1.94 bits per heavy atom. The summed E-state index contributed by atoms with van der Waals surface area (Å²) in [5.74, 6) is 1.09. The Kier molecular flexibility index (Phi) is 6.28. The molecule has 5 rings (SSSR count). The minimum Gasteiger partial charge on any atom is -0.339 e. The first-order valence-corrected chi connectivity index (χ1v) is 12.3. The van der Waals surface area contributed by atoms with Crippen LogP contribution in [0.1, 0.15) is 54.5 Å². The van der Waals surface area contributed by atoms with Gasteiger partial charge in [-0.2, -0.15) is 5.10 Å². The molecular weight excluding hydrogens is 424 g/mol. The lowest BCUT2D eigenvalue weighted by Gasteiger charge is -2.37. The van der Waals surface area contributed by atoms with Gasteiger partial charge in [0.05, 0.1) is 12.1 Å². The van der Waals surface area contributed by atoms with Crippen LogP contribution in [0.5, 0.6) is 0 Å². The Hall–Kier alpha value is -3.32. The van der Waals surface area contributed by atoms with Gasteiger partial charge >= 0.3 is 0 Å². The van der Waals surface area contributed by atoms with Crippen LogP contribution >= 0.6 is 0 Å². The number of hydrogen-bond acceptors (Lipinski definition) is 6. The molecule has 3 aliphatic heterocycles. The number of hydrogen-bond donors (Lipinski definition) is 2. The lowest BCUT2D eigenvalue weighted by molar-refractivity contribution is -0.131. The summed E-state index contributed by atoms with van der Waals surface area (Å²) in [5, 5.41) is 6.83. The third kappa shape index (κ3) is 4.40. The topological polar surface area (TPSA) is 63.2 Å². The number of nitrogens with one attached hydrogen (secondary N) is 2. The second-order valence-electron chi connectivity index (χ2n) is 9.44. The van der Waals surface area contributed by atoms with Crippen LogP contribution in [0, 0.1) is 13.8 Å². The van der Waals surface area contributed by atoms with Crippen LogP contribution in [0.2, 0.25) is 0 Å². The van der Waals surface area contributed by atoms with E-state index in [1.54, 1.807) is 0 Å². The molecule has 3 atom stereocenters. The number of carbonyl (C=O) groups excluding carboxylic acids is 1. The van der Waals surface area contributed by atoms with E-state index in [4.69, 9.17) is 0 Å². The van der Waals surface area contributed by atoms with Crippen molar-refractivity contribution in [2.75, 3.05) is 6.54 Å². The number of aryl methyl sites for hydroxylation is 2. The van der Waals surface area contributed by atoms with Crippen molar-refractivity contribution >= 4 is 11.7 Å². The molecule has 3 heterocycles. The Morgan fingerprint density at radius 1 is 1.12 bits per heavy atom. The number of amidine groups is 1. The first-order valence-electron chi connectivity index (χ1n) is 12.3. The second kappa shape index (κ2) is 9.50. The predicted octanol–water partition coefficient (Wildman–Crippen LogP) is 3.78. The maximum absolute atomic E-state index is 12.9. The van der Waals surface area contributed by atoms with Gasteiger partial charge in [-0.05, 0) is 49.4 Å². The number of hydrazine groups is 1. The Balaban J connectivity index is 1.19. The number of benzene rings is 2. The standard InChI is InChI=1S/C27H34N6O/c1-4-31(18-21-8-6-5-7-9-21)26(34)13-12-25-28-29-27-24-17-23(30-33(24)15-14-32(25)27)22-11-10-19(2)20(3)16-22/h5-11,14-16,23-24,27,29-30H,4,12-13,17-18H2,1-3H3. The van der Waals surface area contributed by atoms with Crippen LogP contribution in [-0.2, 0) is 11.3 Å². The maximum Gasteiger partial charge on any atom is 0.223 e. The SMILES string of the molecule is CCN(Cc1ccccc1)C(=O)CCC1=NNC2C3CC(c4ccc(C)c(C)c4)NN3C=CN12. The molecule has 3 aliphatic rings. The molecule has 0 radical (unpaired) electrons. The number of amides is 1. The van der Waals surface area contributed by atoms with Crippen LogP contribution in [0.15, 0.2) is 66.0 Å². The van der Waals surface area contributed by atoms with Crippen LogP contribution < -0.4 is 10.9 Å². The molecule has 1 saturated heterocycles. The van der Waals surface area contributed by atoms with E-state index in [0.717, 1.165) is 17.8 Å². The van der Waals surface area contributed by atoms with E-state index < -0.39 is 0 Å². The number of rotatable bonds is 7. The highest BCUT2D eigenvalue weighted by molar-refractivity contribution is 5.89. The second-order valence-corrected chi connectivity index (χ2v) is 9.44. The van der Waals surface area contributed by atoms with Gasteiger partial charge < -0.3 is 14.8 Å². The van der Waals surface area contributed by atoms with Crippen molar-refractivity contribution in [2.24, 2.45) is 5.10 Å². The smallest absolute Gasteiger partial charge is 0.223 e. The molecule has 7 nitrogen and oxygen atoms in total. The lowest BCUT2D eigenvalue weighted by Crippen LogP contribution is -2.54. The molecule has 3 unspecified atom stereocenters. The van der Waals surface area contributed by atoms with E-state index in [9.17, 15) is 4.79 Å². The van der Waals surface area contributed by atoms with Crippen LogP contribution in [-0.4, -0.2) is 45.3 Å². The first kappa shape index (κ1) is 22.5. The van der Waals surface area contributed by atoms with Gasteiger partial charge in [0.15, 0.2) is 0 Å². The van der Waals surface area contributed by atoms with Gasteiger partial charge in [0, 0.05) is 38.3 Å². The van der Waals surface area contributed by atoms with Crippen molar-refractivity contribution in [3.8, 4) is 0 Å². The number of hydrazone groups is 1. The van der Waals surface area contributed by atoms with Gasteiger partial charge in [0.25, 0.3) is 0 Å². The molecule has 0 spiro atoms. The first-order chi connectivity index (χ1) is 16.5. The molecule has 1 amide bonds. The van der Waals surface area contributed by atoms with E-state index in [-0.39, 0.29) is 24.2 Å². The summed E-state index contributed by atoms with van der Waals surface area (Å²) in [6, 6.07) is 17.4. The average molecular weight is 459 g/mol. The van der Waals surface area contributed by atoms with E-state index in [1.165, 1.54) is 16.7 Å². The number of carbonyl (C=O) groups is 1. The van der Waals surface area contributed by atoms with Gasteiger partial charge in [-0.1, -0.05) is 48.5 Å². The van der Waals surface area contributed by atoms with Gasteiger partial charge in [0.2, 0.25) is 5.91 Å². The van der Waals surface area contributed by atoms with Crippen LogP contribution in [0.4, 0.5) is 0 Å². The summed E-state index contributed by atoms with van der Waals surface area (Å²) in [5.41, 5.74) is 12.1. The summed E-state index contributed by atoms with van der Waals surface area (Å²) < 4.78 is 0. The summed E-state index contributed by atoms with van der Waals surface area (Å²) in [6.07, 6.45) is 6.31. The summed E-state index contributed by atoms with van der Waals surface area (Å²) >= 11 is 0. The fraction of sp³-hybridized carbons (Fsp3) is 0.407. The van der Waals surface area contributed by atoms with Crippen molar-refractivity contribution in [2.45, 2.75) is 64.8 Å². The molecular formula is C27H34N6O. The van der Waals surface area contributed by atoms with E-state index in [0.29, 0.717) is 25.9 Å². The molecule has 0 aromatic heterocycles. The predicted molar refractivity (Wildman–Crippen MR) is 134 cm³/mol. The zero-order chi connectivity index (χ0) is 23.7. The molecule has 0 saturated carbocycles. The molecule has 34 heavy (non-hydrogen) atoms. The number of fused-ring (bicyclic) bond motifs is 3. The van der Waals surface area contributed by atoms with Crippen LogP contribution in [0.25, 0.3) is 0 Å². The van der Waals surface area contributed by atoms with E-state index >= 15 is 0 Å². The van der Waals surface area contributed by atoms with Gasteiger partial charge in [-0.25, -0.2) is 5.43 Å². The molecule has 178 valence electrons. The van der Waals surface area contributed by atoms with Crippen molar-refractivity contribution in [1.82, 2.24) is 25.7 Å². The largest absolute Gasteiger partial charge is 0.339 e. The highest BCUT2D eigenvalue weighted by atomic mass is 16.2. The summed E-state index contributed by atoms with van der Waals surface area (Å²) in [4.78, 5) is 17.0. The zero-order valence-electron chi connectivity index (χ0n) is 20.2. The number of nitrogens with zero attached hydrogens (tertiary/aromatic N) is 4. The van der Waals surface area contributed by atoms with Gasteiger partial charge in [0.1, 0.15) is 12.0 Å². The molecule has 0 bridgehead atoms. The highest BCUT2D eigenvalue weighted by Crippen LogP contribution is 2.34. The third-order valence-corrected chi connectivity index (χ3v) is 7.26. The summed E-state index contributed by atoms with van der Waals surface area (Å²) in [7, 11) is 0. The van der Waals surface area contributed by atoms with E-state index in [1.807, 2.05) is 30.0 Å². The molecule has 2 aromatic rings. The minimum atomic E-state index is 0.0748. The maximum atomic E-state index is 12.9. The van der Waals surface area contributed by atoms with Crippen molar-refractivity contribution in [3.05, 3.63) is 83.2 Å². The minimum absolute atomic E-state index is 0.0748. The van der Waals surface area contributed by atoms with Crippen molar-refractivity contribution < 1.29 is 4.79 Å².